The van der Waals surface area contributed by atoms with Gasteiger partial charge in [0.05, 0.1) is 23.4 Å². The van der Waals surface area contributed by atoms with Crippen LogP contribution < -0.4 is 10.6 Å². The van der Waals surface area contributed by atoms with Crippen LogP contribution in [0.3, 0.4) is 0 Å². The number of nitrogen functional groups attached to an aromatic ring is 1. The maximum Gasteiger partial charge on any atom is 0.165 e. The molecule has 0 amide bonds. The van der Waals surface area contributed by atoms with Crippen molar-refractivity contribution in [1.82, 2.24) is 19.9 Å². The second kappa shape index (κ2) is 11.0. The summed E-state index contributed by atoms with van der Waals surface area (Å²) in [5.74, 6) is 1.33. The number of piperidine rings is 1. The van der Waals surface area contributed by atoms with E-state index in [1.807, 2.05) is 48.7 Å². The van der Waals surface area contributed by atoms with Crippen LogP contribution in [0.5, 0.6) is 0 Å². The Hall–Kier alpha value is -3.63. The monoisotopic (exact) mass is 547 g/mol. The fraction of sp³-hybridized carbons (Fsp3) is 0.269. The maximum absolute atomic E-state index is 6.23. The lowest BCUT2D eigenvalue weighted by atomic mass is 10.0. The van der Waals surface area contributed by atoms with Crippen LogP contribution in [0, 0.1) is 0 Å². The van der Waals surface area contributed by atoms with Crippen molar-refractivity contribution in [3.63, 3.8) is 0 Å². The zero-order valence-corrected chi connectivity index (χ0v) is 21.5. The fourth-order valence-electron chi connectivity index (χ4n) is 4.19. The molecule has 0 bridgehead atoms. The molecule has 10 heteroatoms. The number of methoxy groups -OCH3 is 1. The third kappa shape index (κ3) is 5.29. The molecule has 4 aromatic rings. The fourth-order valence-corrected chi connectivity index (χ4v) is 4.59. The average molecular weight is 548 g/mol. The highest BCUT2D eigenvalue weighted by Gasteiger charge is 2.18. The molecule has 184 valence electrons. The number of ether oxygens (including phenoxy) is 1. The van der Waals surface area contributed by atoms with Crippen molar-refractivity contribution in [3.05, 3.63) is 59.5 Å². The lowest BCUT2D eigenvalue weighted by molar-refractivity contribution is 0.0743. The smallest absolute Gasteiger partial charge is 0.165 e. The first kappa shape index (κ1) is 24.1. The number of aromatic nitrogens is 4. The van der Waals surface area contributed by atoms with Crippen LogP contribution in [0.2, 0.25) is 0 Å². The van der Waals surface area contributed by atoms with Crippen LogP contribution >= 0.6 is 15.9 Å². The summed E-state index contributed by atoms with van der Waals surface area (Å²) >= 11 is 3.56. The molecule has 0 aliphatic carbocycles. The van der Waals surface area contributed by atoms with Gasteiger partial charge in [0.15, 0.2) is 5.65 Å². The van der Waals surface area contributed by atoms with Gasteiger partial charge in [-0.2, -0.15) is 0 Å². The number of nitrogens with two attached hydrogens (primary N) is 1. The Balaban J connectivity index is 1.39. The van der Waals surface area contributed by atoms with Gasteiger partial charge < -0.3 is 20.2 Å². The first-order chi connectivity index (χ1) is 17.6. The van der Waals surface area contributed by atoms with Crippen molar-refractivity contribution in [3.8, 4) is 22.4 Å². The normalized spacial score (nSPS) is 13.7. The van der Waals surface area contributed by atoms with Gasteiger partial charge in [-0.05, 0) is 41.5 Å². The van der Waals surface area contributed by atoms with Crippen LogP contribution in [0.4, 0.5) is 11.6 Å². The molecule has 1 saturated heterocycles. The minimum atomic E-state index is 0.402. The molecule has 1 fully saturated rings. The van der Waals surface area contributed by atoms with E-state index in [4.69, 9.17) is 25.3 Å². The number of nitrogens with zero attached hydrogens (tertiary/aromatic N) is 6. The number of halogens is 1. The van der Waals surface area contributed by atoms with Crippen LogP contribution in [0.25, 0.3) is 33.4 Å². The van der Waals surface area contributed by atoms with Gasteiger partial charge in [0.2, 0.25) is 0 Å². The molecule has 5 rings (SSSR count). The predicted molar refractivity (Wildman–Crippen MR) is 145 cm³/mol. The molecule has 2 N–H and O–H groups in total. The quantitative estimate of drug-likeness (QED) is 0.261. The lowest BCUT2D eigenvalue weighted by Crippen LogP contribution is -2.34. The Morgan fingerprint density at radius 3 is 2.64 bits per heavy atom. The molecule has 0 saturated carbocycles. The minimum Gasteiger partial charge on any atom is -0.393 e. The van der Waals surface area contributed by atoms with Crippen molar-refractivity contribution in [2.24, 2.45) is 5.16 Å². The molecular weight excluding hydrogens is 522 g/mol. The van der Waals surface area contributed by atoms with Crippen LogP contribution in [0.1, 0.15) is 12.8 Å². The molecule has 1 aromatic carbocycles. The molecule has 3 aromatic heterocycles. The number of benzene rings is 1. The summed E-state index contributed by atoms with van der Waals surface area (Å²) in [5, 5.41) is 4.97. The highest BCUT2D eigenvalue weighted by atomic mass is 79.9. The molecule has 36 heavy (non-hydrogen) atoms. The Bertz CT molecular complexity index is 1390. The summed E-state index contributed by atoms with van der Waals surface area (Å²) in [4.78, 5) is 25.7. The van der Waals surface area contributed by atoms with Crippen molar-refractivity contribution in [2.75, 3.05) is 44.0 Å². The average Bonchev–Trinajstić information content (AvgIpc) is 2.91. The minimum absolute atomic E-state index is 0.402. The molecule has 0 unspecified atom stereocenters. The molecule has 4 heterocycles. The zero-order valence-electron chi connectivity index (χ0n) is 19.9. The molecule has 1 aliphatic rings. The number of hydrogen-bond donors (Lipinski definition) is 1. The van der Waals surface area contributed by atoms with Crippen molar-refractivity contribution in [2.45, 2.75) is 12.8 Å². The Morgan fingerprint density at radius 1 is 1.03 bits per heavy atom. The molecule has 0 radical (unpaired) electrons. The second-order valence-electron chi connectivity index (χ2n) is 8.40. The van der Waals surface area contributed by atoms with Gasteiger partial charge in [-0.1, -0.05) is 33.2 Å². The number of fused-ring (bicyclic) bond motifs is 1. The third-order valence-corrected chi connectivity index (χ3v) is 6.54. The number of hydrogen-bond acceptors (Lipinski definition) is 9. The highest BCUT2D eigenvalue weighted by Crippen LogP contribution is 2.34. The Kier molecular flexibility index (Phi) is 7.33. The van der Waals surface area contributed by atoms with E-state index in [0.717, 1.165) is 69.7 Å². The van der Waals surface area contributed by atoms with E-state index >= 15 is 0 Å². The van der Waals surface area contributed by atoms with Crippen LogP contribution in [-0.2, 0) is 9.57 Å². The van der Waals surface area contributed by atoms with E-state index < -0.39 is 0 Å². The van der Waals surface area contributed by atoms with E-state index in [1.165, 1.54) is 6.33 Å². The van der Waals surface area contributed by atoms with Gasteiger partial charge in [0.25, 0.3) is 0 Å². The molecule has 9 nitrogen and oxygen atoms in total. The van der Waals surface area contributed by atoms with Crippen LogP contribution in [-0.4, -0.2) is 59.1 Å². The zero-order chi connectivity index (χ0) is 24.9. The van der Waals surface area contributed by atoms with E-state index in [0.29, 0.717) is 24.7 Å². The molecule has 0 spiro atoms. The summed E-state index contributed by atoms with van der Waals surface area (Å²) in [5.41, 5.74) is 11.5. The first-order valence-corrected chi connectivity index (χ1v) is 12.5. The van der Waals surface area contributed by atoms with Gasteiger partial charge in [-0.15, -0.1) is 0 Å². The van der Waals surface area contributed by atoms with Crippen molar-refractivity contribution >= 4 is 44.3 Å². The standard InChI is InChI=1S/C26H26BrN7O2/c1-35-11-12-36-33-20-7-9-34(10-8-20)23-6-5-18(15-29-23)22-14-21(17-3-2-4-19(27)13-17)24-25(28)30-16-31-26(24)32-22/h2-6,13-16H,7-12H2,1H3,(H2,28,30,31,32). The first-order valence-electron chi connectivity index (χ1n) is 11.7. The van der Waals surface area contributed by atoms with Crippen LogP contribution in [0.15, 0.2) is 64.6 Å². The predicted octanol–water partition coefficient (Wildman–Crippen LogP) is 4.72. The van der Waals surface area contributed by atoms with E-state index in [-0.39, 0.29) is 0 Å². The summed E-state index contributed by atoms with van der Waals surface area (Å²) < 4.78 is 5.95. The Morgan fingerprint density at radius 2 is 1.89 bits per heavy atom. The van der Waals surface area contributed by atoms with E-state index in [9.17, 15) is 0 Å². The number of pyridine rings is 2. The summed E-state index contributed by atoms with van der Waals surface area (Å²) in [6, 6.07) is 14.2. The largest absolute Gasteiger partial charge is 0.393 e. The van der Waals surface area contributed by atoms with E-state index in [2.05, 4.69) is 36.0 Å². The summed E-state index contributed by atoms with van der Waals surface area (Å²) in [6.45, 7) is 2.69. The van der Waals surface area contributed by atoms with Gasteiger partial charge in [0.1, 0.15) is 24.6 Å². The van der Waals surface area contributed by atoms with Crippen molar-refractivity contribution < 1.29 is 9.57 Å². The topological polar surface area (TPSA) is 112 Å². The number of oxime groups is 1. The third-order valence-electron chi connectivity index (χ3n) is 6.05. The van der Waals surface area contributed by atoms with Gasteiger partial charge in [0, 0.05) is 49.3 Å². The lowest BCUT2D eigenvalue weighted by Gasteiger charge is -2.28. The molecular formula is C26H26BrN7O2. The van der Waals surface area contributed by atoms with Gasteiger partial charge in [-0.25, -0.2) is 19.9 Å². The van der Waals surface area contributed by atoms with Crippen molar-refractivity contribution in [1.29, 1.82) is 0 Å². The van der Waals surface area contributed by atoms with E-state index in [1.54, 1.807) is 7.11 Å². The van der Waals surface area contributed by atoms with Gasteiger partial charge in [-0.3, -0.25) is 0 Å². The van der Waals surface area contributed by atoms with Gasteiger partial charge >= 0.3 is 0 Å². The molecule has 1 aliphatic heterocycles. The Labute approximate surface area is 217 Å². The summed E-state index contributed by atoms with van der Waals surface area (Å²) in [7, 11) is 1.65. The molecule has 0 atom stereocenters. The SMILES string of the molecule is COCCON=C1CCN(c2ccc(-c3cc(-c4cccc(Br)c4)c4c(N)ncnc4n3)cn2)CC1. The summed E-state index contributed by atoms with van der Waals surface area (Å²) in [6.07, 6.45) is 4.99. The number of anilines is 2. The maximum atomic E-state index is 6.23. The second-order valence-corrected chi connectivity index (χ2v) is 9.31. The highest BCUT2D eigenvalue weighted by molar-refractivity contribution is 9.10. The number of rotatable bonds is 7.